The van der Waals surface area contributed by atoms with E-state index in [0.717, 1.165) is 5.56 Å². The van der Waals surface area contributed by atoms with Gasteiger partial charge in [0.2, 0.25) is 11.3 Å². The van der Waals surface area contributed by atoms with E-state index in [1.807, 2.05) is 6.92 Å². The van der Waals surface area contributed by atoms with Gasteiger partial charge in [-0.25, -0.2) is 4.98 Å². The molecule has 184 valence electrons. The van der Waals surface area contributed by atoms with Gasteiger partial charge in [-0.15, -0.1) is 0 Å². The number of carbonyl (C=O) groups is 2. The Labute approximate surface area is 212 Å². The van der Waals surface area contributed by atoms with E-state index in [1.54, 1.807) is 49.4 Å². The second kappa shape index (κ2) is 10.2. The number of carbonyl (C=O) groups excluding carboxylic acids is 2. The van der Waals surface area contributed by atoms with Gasteiger partial charge in [-0.1, -0.05) is 41.4 Å². The minimum atomic E-state index is -0.441. The standard InChI is InChI=1S/C27H24ClN3O5/c1-15-5-8-17(9-6-15)25(33)19-13-31(27-18(26(19)34)10-7-16(2)29-27)14-24(32)30-21-11-20(28)22(35-3)12-23(21)36-4/h5-13H,14H2,1-4H3,(H,30,32). The monoisotopic (exact) mass is 505 g/mol. The maximum atomic E-state index is 13.2. The maximum absolute atomic E-state index is 13.2. The average molecular weight is 506 g/mol. The highest BCUT2D eigenvalue weighted by Crippen LogP contribution is 2.35. The molecular formula is C27H24ClN3O5. The highest BCUT2D eigenvalue weighted by atomic mass is 35.5. The van der Waals surface area contributed by atoms with Gasteiger partial charge in [0.25, 0.3) is 0 Å². The van der Waals surface area contributed by atoms with Crippen LogP contribution in [0.15, 0.2) is 59.5 Å². The molecule has 1 N–H and O–H groups in total. The molecule has 0 aliphatic rings. The zero-order chi connectivity index (χ0) is 26.0. The molecule has 4 rings (SSSR count). The quantitative estimate of drug-likeness (QED) is 0.370. The van der Waals surface area contributed by atoms with Crippen molar-refractivity contribution in [1.29, 1.82) is 0 Å². The fraction of sp³-hybridized carbons (Fsp3) is 0.185. The van der Waals surface area contributed by atoms with Crippen LogP contribution in [0.25, 0.3) is 11.0 Å². The Morgan fingerprint density at radius 2 is 1.69 bits per heavy atom. The predicted molar refractivity (Wildman–Crippen MR) is 139 cm³/mol. The van der Waals surface area contributed by atoms with Crippen LogP contribution in [0.1, 0.15) is 27.2 Å². The van der Waals surface area contributed by atoms with E-state index in [1.165, 1.54) is 31.0 Å². The lowest BCUT2D eigenvalue weighted by Gasteiger charge is -2.15. The first-order chi connectivity index (χ1) is 17.2. The molecule has 2 aromatic carbocycles. The Kier molecular flexibility index (Phi) is 7.07. The summed E-state index contributed by atoms with van der Waals surface area (Å²) >= 11 is 6.22. The van der Waals surface area contributed by atoms with Crippen LogP contribution in [-0.4, -0.2) is 35.5 Å². The third-order valence-electron chi connectivity index (χ3n) is 5.68. The number of aryl methyl sites for hydroxylation is 2. The van der Waals surface area contributed by atoms with Gasteiger partial charge in [0.15, 0.2) is 5.78 Å². The molecule has 36 heavy (non-hydrogen) atoms. The van der Waals surface area contributed by atoms with Crippen molar-refractivity contribution in [3.8, 4) is 11.5 Å². The van der Waals surface area contributed by atoms with Crippen molar-refractivity contribution in [3.05, 3.63) is 92.4 Å². The lowest BCUT2D eigenvalue weighted by Crippen LogP contribution is -2.25. The number of benzene rings is 2. The van der Waals surface area contributed by atoms with Gasteiger partial charge in [-0.2, -0.15) is 0 Å². The molecule has 0 bridgehead atoms. The number of aromatic nitrogens is 2. The van der Waals surface area contributed by atoms with E-state index in [4.69, 9.17) is 21.1 Å². The summed E-state index contributed by atoms with van der Waals surface area (Å²) in [6, 6.07) is 13.4. The van der Waals surface area contributed by atoms with Crippen LogP contribution in [0, 0.1) is 13.8 Å². The molecule has 4 aromatic rings. The number of fused-ring (bicyclic) bond motifs is 1. The molecule has 0 aliphatic carbocycles. The normalized spacial score (nSPS) is 10.8. The number of nitrogens with zero attached hydrogens (tertiary/aromatic N) is 2. The van der Waals surface area contributed by atoms with Crippen molar-refractivity contribution >= 4 is 40.0 Å². The summed E-state index contributed by atoms with van der Waals surface area (Å²) in [5, 5.41) is 3.31. The zero-order valence-corrected chi connectivity index (χ0v) is 21.0. The average Bonchev–Trinajstić information content (AvgIpc) is 2.86. The van der Waals surface area contributed by atoms with Crippen molar-refractivity contribution in [2.45, 2.75) is 20.4 Å². The fourth-order valence-corrected chi connectivity index (χ4v) is 4.05. The molecular weight excluding hydrogens is 482 g/mol. The third-order valence-corrected chi connectivity index (χ3v) is 5.98. The first-order valence-corrected chi connectivity index (χ1v) is 11.4. The number of anilines is 1. The smallest absolute Gasteiger partial charge is 0.244 e. The molecule has 2 heterocycles. The summed E-state index contributed by atoms with van der Waals surface area (Å²) in [5.41, 5.74) is 2.20. The van der Waals surface area contributed by atoms with Crippen LogP contribution in [0.2, 0.25) is 5.02 Å². The summed E-state index contributed by atoms with van der Waals surface area (Å²) in [4.78, 5) is 44.0. The van der Waals surface area contributed by atoms with Gasteiger partial charge in [-0.05, 0) is 32.0 Å². The molecule has 0 fully saturated rings. The van der Waals surface area contributed by atoms with Crippen molar-refractivity contribution in [2.24, 2.45) is 0 Å². The van der Waals surface area contributed by atoms with Crippen LogP contribution < -0.4 is 20.2 Å². The topological polar surface area (TPSA) is 99.5 Å². The van der Waals surface area contributed by atoms with Crippen molar-refractivity contribution in [1.82, 2.24) is 9.55 Å². The molecule has 9 heteroatoms. The lowest BCUT2D eigenvalue weighted by atomic mass is 10.0. The van der Waals surface area contributed by atoms with Crippen molar-refractivity contribution in [2.75, 3.05) is 19.5 Å². The van der Waals surface area contributed by atoms with Gasteiger partial charge in [0.1, 0.15) is 23.7 Å². The third kappa shape index (κ3) is 4.94. The fourth-order valence-electron chi connectivity index (χ4n) is 3.80. The molecule has 0 radical (unpaired) electrons. The summed E-state index contributed by atoms with van der Waals surface area (Å²) in [6.07, 6.45) is 1.39. The number of nitrogens with one attached hydrogen (secondary N) is 1. The largest absolute Gasteiger partial charge is 0.495 e. The van der Waals surface area contributed by atoms with E-state index in [2.05, 4.69) is 10.3 Å². The lowest BCUT2D eigenvalue weighted by molar-refractivity contribution is -0.116. The molecule has 0 aliphatic heterocycles. The van der Waals surface area contributed by atoms with E-state index >= 15 is 0 Å². The highest BCUT2D eigenvalue weighted by molar-refractivity contribution is 6.32. The van der Waals surface area contributed by atoms with Crippen LogP contribution in [-0.2, 0) is 11.3 Å². The minimum absolute atomic E-state index is 0.0464. The molecule has 0 atom stereocenters. The number of ether oxygens (including phenoxy) is 2. The van der Waals surface area contributed by atoms with E-state index in [9.17, 15) is 14.4 Å². The summed E-state index contributed by atoms with van der Waals surface area (Å²) in [7, 11) is 2.94. The molecule has 0 spiro atoms. The van der Waals surface area contributed by atoms with Gasteiger partial charge < -0.3 is 19.4 Å². The molecule has 8 nitrogen and oxygen atoms in total. The second-order valence-corrected chi connectivity index (χ2v) is 8.66. The molecule has 0 saturated heterocycles. The highest BCUT2D eigenvalue weighted by Gasteiger charge is 2.20. The second-order valence-electron chi connectivity index (χ2n) is 8.25. The SMILES string of the molecule is COc1cc(OC)c(NC(=O)Cn2cc(C(=O)c3ccc(C)cc3)c(=O)c3ccc(C)nc32)cc1Cl. The number of halogens is 1. The van der Waals surface area contributed by atoms with Gasteiger partial charge in [0, 0.05) is 23.5 Å². The summed E-state index contributed by atoms with van der Waals surface area (Å²) in [5.74, 6) is -0.104. The van der Waals surface area contributed by atoms with Gasteiger partial charge in [0.05, 0.1) is 35.9 Å². The minimum Gasteiger partial charge on any atom is -0.495 e. The van der Waals surface area contributed by atoms with E-state index < -0.39 is 17.1 Å². The van der Waals surface area contributed by atoms with Gasteiger partial charge in [-0.3, -0.25) is 14.4 Å². The first kappa shape index (κ1) is 24.9. The Bertz CT molecular complexity index is 1540. The molecule has 0 saturated carbocycles. The van der Waals surface area contributed by atoms with Gasteiger partial charge >= 0.3 is 0 Å². The number of hydrogen-bond donors (Lipinski definition) is 1. The molecule has 1 amide bonds. The number of amides is 1. The summed E-state index contributed by atoms with van der Waals surface area (Å²) in [6.45, 7) is 3.48. The van der Waals surface area contributed by atoms with Crippen LogP contribution in [0.4, 0.5) is 5.69 Å². The zero-order valence-electron chi connectivity index (χ0n) is 20.2. The first-order valence-electron chi connectivity index (χ1n) is 11.1. The van der Waals surface area contributed by atoms with Crippen molar-refractivity contribution < 1.29 is 19.1 Å². The van der Waals surface area contributed by atoms with Crippen LogP contribution in [0.5, 0.6) is 11.5 Å². The molecule has 0 unspecified atom stereocenters. The Morgan fingerprint density at radius 3 is 2.36 bits per heavy atom. The Balaban J connectivity index is 1.75. The Hall–Kier alpha value is -4.17. The maximum Gasteiger partial charge on any atom is 0.244 e. The summed E-state index contributed by atoms with van der Waals surface area (Å²) < 4.78 is 12.0. The number of rotatable bonds is 7. The number of ketones is 1. The van der Waals surface area contributed by atoms with Crippen LogP contribution >= 0.6 is 11.6 Å². The van der Waals surface area contributed by atoms with Crippen molar-refractivity contribution in [3.63, 3.8) is 0 Å². The number of hydrogen-bond acceptors (Lipinski definition) is 6. The predicted octanol–water partition coefficient (Wildman–Crippen LogP) is 4.55. The van der Waals surface area contributed by atoms with Crippen LogP contribution in [0.3, 0.4) is 0 Å². The number of pyridine rings is 2. The number of methoxy groups -OCH3 is 2. The Morgan fingerprint density at radius 1 is 1.00 bits per heavy atom. The van der Waals surface area contributed by atoms with E-state index in [-0.39, 0.29) is 17.5 Å². The van der Waals surface area contributed by atoms with E-state index in [0.29, 0.717) is 39.1 Å². The molecule has 2 aromatic heterocycles.